The summed E-state index contributed by atoms with van der Waals surface area (Å²) in [5, 5.41) is 0. The molecular weight excluding hydrogens is 257 g/mol. The maximum absolute atomic E-state index is 13.4. The van der Waals surface area contributed by atoms with Gasteiger partial charge in [-0.2, -0.15) is 0 Å². The number of carbonyl (C=O) groups is 1. The first kappa shape index (κ1) is 14.1. The molecule has 0 amide bonds. The van der Waals surface area contributed by atoms with Gasteiger partial charge in [0.1, 0.15) is 11.6 Å². The maximum atomic E-state index is 13.4. The van der Waals surface area contributed by atoms with Crippen LogP contribution in [0.4, 0.5) is 10.1 Å². The van der Waals surface area contributed by atoms with Crippen LogP contribution >= 0.6 is 0 Å². The summed E-state index contributed by atoms with van der Waals surface area (Å²) in [6.07, 6.45) is 0.838. The van der Waals surface area contributed by atoms with Crippen molar-refractivity contribution in [2.24, 2.45) is 0 Å². The summed E-state index contributed by atoms with van der Waals surface area (Å²) < 4.78 is 19.0. The maximum Gasteiger partial charge on any atom is 0.198 e. The number of hydrogen-bond acceptors (Lipinski definition) is 3. The Labute approximate surface area is 117 Å². The SMILES string of the molecule is CCCOc1ccccc1C(=O)c1cccc(F)c1N. The number of rotatable bonds is 5. The highest BCUT2D eigenvalue weighted by atomic mass is 19.1. The van der Waals surface area contributed by atoms with Gasteiger partial charge in [-0.15, -0.1) is 0 Å². The molecule has 20 heavy (non-hydrogen) atoms. The van der Waals surface area contributed by atoms with Gasteiger partial charge in [0.25, 0.3) is 0 Å². The molecule has 0 spiro atoms. The lowest BCUT2D eigenvalue weighted by atomic mass is 10.0. The first-order chi connectivity index (χ1) is 9.65. The summed E-state index contributed by atoms with van der Waals surface area (Å²) in [6, 6.07) is 11.1. The zero-order chi connectivity index (χ0) is 14.5. The van der Waals surface area contributed by atoms with Crippen LogP contribution in [-0.2, 0) is 0 Å². The minimum atomic E-state index is -0.595. The fourth-order valence-electron chi connectivity index (χ4n) is 1.87. The van der Waals surface area contributed by atoms with Crippen molar-refractivity contribution in [3.8, 4) is 5.75 Å². The Morgan fingerprint density at radius 2 is 1.85 bits per heavy atom. The molecule has 0 unspecified atom stereocenters. The van der Waals surface area contributed by atoms with E-state index in [9.17, 15) is 9.18 Å². The van der Waals surface area contributed by atoms with E-state index < -0.39 is 5.82 Å². The van der Waals surface area contributed by atoms with Crippen molar-refractivity contribution in [1.29, 1.82) is 0 Å². The Morgan fingerprint density at radius 1 is 1.15 bits per heavy atom. The number of benzene rings is 2. The minimum absolute atomic E-state index is 0.136. The standard InChI is InChI=1S/C16H16FNO2/c1-2-10-20-14-9-4-3-6-11(14)16(19)12-7-5-8-13(17)15(12)18/h3-9H,2,10,18H2,1H3. The van der Waals surface area contributed by atoms with Crippen LogP contribution in [-0.4, -0.2) is 12.4 Å². The summed E-state index contributed by atoms with van der Waals surface area (Å²) in [5.74, 6) is -0.445. The van der Waals surface area contributed by atoms with Crippen LogP contribution in [0.25, 0.3) is 0 Å². The molecule has 0 bridgehead atoms. The molecule has 2 N–H and O–H groups in total. The van der Waals surface area contributed by atoms with Gasteiger partial charge in [0.2, 0.25) is 0 Å². The predicted octanol–water partition coefficient (Wildman–Crippen LogP) is 3.43. The van der Waals surface area contributed by atoms with Crippen molar-refractivity contribution < 1.29 is 13.9 Å². The molecule has 0 atom stereocenters. The first-order valence-electron chi connectivity index (χ1n) is 6.45. The quantitative estimate of drug-likeness (QED) is 0.670. The third-order valence-corrected chi connectivity index (χ3v) is 2.89. The van der Waals surface area contributed by atoms with Crippen LogP contribution < -0.4 is 10.5 Å². The molecule has 4 heteroatoms. The van der Waals surface area contributed by atoms with Crippen LogP contribution in [0.15, 0.2) is 42.5 Å². The Morgan fingerprint density at radius 3 is 2.60 bits per heavy atom. The highest BCUT2D eigenvalue weighted by molar-refractivity contribution is 6.13. The van der Waals surface area contributed by atoms with Gasteiger partial charge >= 0.3 is 0 Å². The minimum Gasteiger partial charge on any atom is -0.493 e. The van der Waals surface area contributed by atoms with E-state index in [2.05, 4.69) is 0 Å². The second-order valence-corrected chi connectivity index (χ2v) is 4.37. The number of halogens is 1. The number of anilines is 1. The summed E-state index contributed by atoms with van der Waals surface area (Å²) in [7, 11) is 0. The van der Waals surface area contributed by atoms with E-state index in [1.807, 2.05) is 6.92 Å². The van der Waals surface area contributed by atoms with Crippen LogP contribution in [0.5, 0.6) is 5.75 Å². The third-order valence-electron chi connectivity index (χ3n) is 2.89. The average Bonchev–Trinajstić information content (AvgIpc) is 2.47. The van der Waals surface area contributed by atoms with Gasteiger partial charge in [0, 0.05) is 5.56 Å². The van der Waals surface area contributed by atoms with E-state index in [1.54, 1.807) is 24.3 Å². The highest BCUT2D eigenvalue weighted by Gasteiger charge is 2.18. The Balaban J connectivity index is 2.40. The lowest BCUT2D eigenvalue weighted by Gasteiger charge is -2.11. The molecule has 0 aliphatic rings. The number of nitrogen functional groups attached to an aromatic ring is 1. The monoisotopic (exact) mass is 273 g/mol. The normalized spacial score (nSPS) is 10.3. The van der Waals surface area contributed by atoms with Crippen molar-refractivity contribution in [1.82, 2.24) is 0 Å². The zero-order valence-corrected chi connectivity index (χ0v) is 11.2. The summed E-state index contributed by atoms with van der Waals surface area (Å²) in [5.41, 5.74) is 6.04. The molecule has 3 nitrogen and oxygen atoms in total. The molecular formula is C16H16FNO2. The average molecular weight is 273 g/mol. The van der Waals surface area contributed by atoms with Crippen LogP contribution in [0.2, 0.25) is 0 Å². The van der Waals surface area contributed by atoms with Crippen LogP contribution in [0, 0.1) is 5.82 Å². The fraction of sp³-hybridized carbons (Fsp3) is 0.188. The number of nitrogens with two attached hydrogens (primary N) is 1. The molecule has 0 saturated heterocycles. The lowest BCUT2D eigenvalue weighted by Crippen LogP contribution is -2.09. The van der Waals surface area contributed by atoms with Gasteiger partial charge < -0.3 is 10.5 Å². The van der Waals surface area contributed by atoms with E-state index in [-0.39, 0.29) is 17.0 Å². The molecule has 2 rings (SSSR count). The molecule has 104 valence electrons. The lowest BCUT2D eigenvalue weighted by molar-refractivity contribution is 0.103. The first-order valence-corrected chi connectivity index (χ1v) is 6.45. The molecule has 2 aromatic carbocycles. The van der Waals surface area contributed by atoms with Crippen molar-refractivity contribution in [2.45, 2.75) is 13.3 Å². The zero-order valence-electron chi connectivity index (χ0n) is 11.2. The van der Waals surface area contributed by atoms with Crippen LogP contribution in [0.3, 0.4) is 0 Å². The van der Waals surface area contributed by atoms with Crippen LogP contribution in [0.1, 0.15) is 29.3 Å². The van der Waals surface area contributed by atoms with E-state index in [0.29, 0.717) is 17.9 Å². The van der Waals surface area contributed by atoms with Crippen molar-refractivity contribution in [3.63, 3.8) is 0 Å². The number of ketones is 1. The molecule has 0 saturated carbocycles. The highest BCUT2D eigenvalue weighted by Crippen LogP contribution is 2.25. The van der Waals surface area contributed by atoms with Gasteiger partial charge in [-0.05, 0) is 30.7 Å². The summed E-state index contributed by atoms with van der Waals surface area (Å²) >= 11 is 0. The second kappa shape index (κ2) is 6.19. The van der Waals surface area contributed by atoms with E-state index >= 15 is 0 Å². The smallest absolute Gasteiger partial charge is 0.198 e. The van der Waals surface area contributed by atoms with Gasteiger partial charge in [-0.3, -0.25) is 4.79 Å². The van der Waals surface area contributed by atoms with E-state index in [0.717, 1.165) is 6.42 Å². The van der Waals surface area contributed by atoms with Gasteiger partial charge in [-0.1, -0.05) is 25.1 Å². The second-order valence-electron chi connectivity index (χ2n) is 4.37. The molecule has 0 radical (unpaired) electrons. The molecule has 0 aromatic heterocycles. The fourth-order valence-corrected chi connectivity index (χ4v) is 1.87. The van der Waals surface area contributed by atoms with Gasteiger partial charge in [0.15, 0.2) is 5.78 Å². The summed E-state index contributed by atoms with van der Waals surface area (Å²) in [6.45, 7) is 2.50. The van der Waals surface area contributed by atoms with E-state index in [1.165, 1.54) is 18.2 Å². The van der Waals surface area contributed by atoms with E-state index in [4.69, 9.17) is 10.5 Å². The predicted molar refractivity (Wildman–Crippen MR) is 76.5 cm³/mol. The van der Waals surface area contributed by atoms with Crippen molar-refractivity contribution in [2.75, 3.05) is 12.3 Å². The Bertz CT molecular complexity index is 626. The van der Waals surface area contributed by atoms with Crippen molar-refractivity contribution >= 4 is 11.5 Å². The topological polar surface area (TPSA) is 52.3 Å². The largest absolute Gasteiger partial charge is 0.493 e. The number of ether oxygens (including phenoxy) is 1. The number of hydrogen-bond donors (Lipinski definition) is 1. The molecule has 0 aliphatic heterocycles. The molecule has 0 aliphatic carbocycles. The van der Waals surface area contributed by atoms with Gasteiger partial charge in [0.05, 0.1) is 17.9 Å². The van der Waals surface area contributed by atoms with Crippen molar-refractivity contribution in [3.05, 3.63) is 59.4 Å². The molecule has 2 aromatic rings. The third kappa shape index (κ3) is 2.79. The molecule has 0 heterocycles. The van der Waals surface area contributed by atoms with Gasteiger partial charge in [-0.25, -0.2) is 4.39 Å². The number of para-hydroxylation sites is 2. The Kier molecular flexibility index (Phi) is 4.35. The Hall–Kier alpha value is -2.36. The number of carbonyl (C=O) groups excluding carboxylic acids is 1. The summed E-state index contributed by atoms with van der Waals surface area (Å²) in [4.78, 5) is 12.5. The molecule has 0 fully saturated rings.